The lowest BCUT2D eigenvalue weighted by Crippen LogP contribution is -2.28. The van der Waals surface area contributed by atoms with E-state index in [0.29, 0.717) is 22.3 Å². The van der Waals surface area contributed by atoms with Gasteiger partial charge in [-0.1, -0.05) is 0 Å². The quantitative estimate of drug-likeness (QED) is 0.736. The van der Waals surface area contributed by atoms with Crippen LogP contribution < -0.4 is 0 Å². The number of aromatic carboxylic acids is 1. The summed E-state index contributed by atoms with van der Waals surface area (Å²) in [7, 11) is 0. The summed E-state index contributed by atoms with van der Waals surface area (Å²) >= 11 is 0. The first-order valence-corrected chi connectivity index (χ1v) is 8.36. The molecular formula is C19H20N4O4. The number of nitrogens with zero attached hydrogens (tertiary/aromatic N) is 4. The molecule has 3 aromatic rings. The Morgan fingerprint density at radius 3 is 2.26 bits per heavy atom. The summed E-state index contributed by atoms with van der Waals surface area (Å²) in [6.07, 6.45) is 2.61. The third-order valence-electron chi connectivity index (χ3n) is 3.85. The molecule has 0 aliphatic carbocycles. The number of ether oxygens (including phenoxy) is 1. The van der Waals surface area contributed by atoms with E-state index in [9.17, 15) is 14.7 Å². The molecule has 2 aromatic heterocycles. The average Bonchev–Trinajstić information content (AvgIpc) is 2.94. The highest BCUT2D eigenvalue weighted by Gasteiger charge is 2.26. The van der Waals surface area contributed by atoms with Crippen molar-refractivity contribution in [2.24, 2.45) is 0 Å². The summed E-state index contributed by atoms with van der Waals surface area (Å²) in [6, 6.07) is 3.51. The van der Waals surface area contributed by atoms with Gasteiger partial charge in [0.05, 0.1) is 5.52 Å². The number of hydrogen-bond acceptors (Lipinski definition) is 6. The molecule has 8 heteroatoms. The van der Waals surface area contributed by atoms with Crippen LogP contribution in [-0.2, 0) is 4.74 Å². The van der Waals surface area contributed by atoms with E-state index in [-0.39, 0.29) is 5.69 Å². The first kappa shape index (κ1) is 18.5. The normalized spacial score (nSPS) is 11.6. The van der Waals surface area contributed by atoms with Crippen molar-refractivity contribution in [1.82, 2.24) is 19.7 Å². The van der Waals surface area contributed by atoms with Gasteiger partial charge in [-0.2, -0.15) is 9.78 Å². The van der Waals surface area contributed by atoms with E-state index in [1.165, 1.54) is 0 Å². The Morgan fingerprint density at radius 1 is 1.07 bits per heavy atom. The Balaban J connectivity index is 2.22. The van der Waals surface area contributed by atoms with Crippen LogP contribution in [-0.4, -0.2) is 42.5 Å². The van der Waals surface area contributed by atoms with Crippen molar-refractivity contribution in [1.29, 1.82) is 0 Å². The largest absolute Gasteiger partial charge is 0.476 e. The summed E-state index contributed by atoms with van der Waals surface area (Å²) in [5, 5.41) is 13.9. The second-order valence-corrected chi connectivity index (χ2v) is 7.25. The lowest BCUT2D eigenvalue weighted by Gasteiger charge is -2.19. The van der Waals surface area contributed by atoms with Crippen LogP contribution in [0.2, 0.25) is 0 Å². The molecule has 0 saturated carbocycles. The van der Waals surface area contributed by atoms with E-state index in [2.05, 4.69) is 15.1 Å². The van der Waals surface area contributed by atoms with Crippen molar-refractivity contribution in [2.75, 3.05) is 0 Å². The van der Waals surface area contributed by atoms with Gasteiger partial charge in [0.1, 0.15) is 11.4 Å². The van der Waals surface area contributed by atoms with Gasteiger partial charge in [-0.25, -0.2) is 19.6 Å². The summed E-state index contributed by atoms with van der Waals surface area (Å²) in [4.78, 5) is 32.6. The Labute approximate surface area is 155 Å². The topological polar surface area (TPSA) is 107 Å². The average molecular weight is 368 g/mol. The van der Waals surface area contributed by atoms with E-state index >= 15 is 0 Å². The second kappa shape index (κ2) is 6.46. The van der Waals surface area contributed by atoms with Gasteiger partial charge in [0.2, 0.25) is 0 Å². The third-order valence-corrected chi connectivity index (χ3v) is 3.85. The number of carboxylic acids is 1. The lowest BCUT2D eigenvalue weighted by atomic mass is 10.0. The number of aryl methyl sites for hydroxylation is 2. The van der Waals surface area contributed by atoms with Crippen LogP contribution in [0.4, 0.5) is 4.79 Å². The molecular weight excluding hydrogens is 348 g/mol. The molecule has 0 amide bonds. The van der Waals surface area contributed by atoms with Gasteiger partial charge in [-0.3, -0.25) is 0 Å². The van der Waals surface area contributed by atoms with Crippen LogP contribution in [0.5, 0.6) is 0 Å². The lowest BCUT2D eigenvalue weighted by molar-refractivity contribution is 0.0521. The highest BCUT2D eigenvalue weighted by atomic mass is 16.6. The minimum absolute atomic E-state index is 0.214. The Bertz CT molecular complexity index is 1050. The highest BCUT2D eigenvalue weighted by molar-refractivity contribution is 6.05. The predicted molar refractivity (Wildman–Crippen MR) is 98.8 cm³/mol. The molecule has 140 valence electrons. The van der Waals surface area contributed by atoms with Gasteiger partial charge < -0.3 is 9.84 Å². The fraction of sp³-hybridized carbons (Fsp3) is 0.316. The summed E-state index contributed by atoms with van der Waals surface area (Å²) < 4.78 is 6.37. The smallest absolute Gasteiger partial charge is 0.435 e. The number of rotatable bonds is 2. The fourth-order valence-electron chi connectivity index (χ4n) is 2.75. The van der Waals surface area contributed by atoms with Crippen LogP contribution in [0.3, 0.4) is 0 Å². The number of fused-ring (bicyclic) bond motifs is 1. The fourth-order valence-corrected chi connectivity index (χ4v) is 2.75. The zero-order valence-electron chi connectivity index (χ0n) is 15.8. The van der Waals surface area contributed by atoms with E-state index in [1.807, 2.05) is 6.07 Å². The molecule has 1 N–H and O–H groups in total. The summed E-state index contributed by atoms with van der Waals surface area (Å²) in [5.74, 6) is -0.584. The first-order valence-electron chi connectivity index (χ1n) is 8.36. The molecule has 0 aliphatic rings. The molecule has 0 spiro atoms. The number of aromatic nitrogens is 4. The molecule has 0 aliphatic heterocycles. The van der Waals surface area contributed by atoms with Gasteiger partial charge in [0.25, 0.3) is 0 Å². The highest BCUT2D eigenvalue weighted by Crippen LogP contribution is 2.30. The van der Waals surface area contributed by atoms with Gasteiger partial charge >= 0.3 is 12.1 Å². The maximum Gasteiger partial charge on any atom is 0.435 e. The first-order chi connectivity index (χ1) is 12.6. The molecule has 0 unspecified atom stereocenters. The molecule has 3 rings (SSSR count). The van der Waals surface area contributed by atoms with Gasteiger partial charge in [-0.15, -0.1) is 0 Å². The molecule has 2 heterocycles. The molecule has 0 radical (unpaired) electrons. The monoisotopic (exact) mass is 368 g/mol. The molecule has 0 bridgehead atoms. The number of benzene rings is 1. The summed E-state index contributed by atoms with van der Waals surface area (Å²) in [5.41, 5.74) is 1.63. The van der Waals surface area contributed by atoms with Gasteiger partial charge in [-0.05, 0) is 57.9 Å². The van der Waals surface area contributed by atoms with Crippen molar-refractivity contribution < 1.29 is 19.4 Å². The number of carbonyl (C=O) groups is 2. The van der Waals surface area contributed by atoms with Crippen LogP contribution in [0.15, 0.2) is 24.5 Å². The zero-order valence-corrected chi connectivity index (χ0v) is 15.8. The van der Waals surface area contributed by atoms with Crippen LogP contribution in [0.25, 0.3) is 22.0 Å². The Kier molecular flexibility index (Phi) is 4.43. The standard InChI is InChI=1S/C19H20N4O4/c1-10-6-12(13-8-20-11(2)21-9-13)7-14-15(17(24)25)22-23(16(10)14)18(26)27-19(3,4)5/h6-9H,1-5H3,(H,24,25). The number of carbonyl (C=O) groups excluding carboxylic acids is 1. The predicted octanol–water partition coefficient (Wildman–Crippen LogP) is 3.59. The zero-order chi connectivity index (χ0) is 19.9. The van der Waals surface area contributed by atoms with Crippen LogP contribution in [0, 0.1) is 13.8 Å². The van der Waals surface area contributed by atoms with Crippen molar-refractivity contribution in [2.45, 2.75) is 40.2 Å². The Morgan fingerprint density at radius 2 is 1.70 bits per heavy atom. The number of hydrogen-bond donors (Lipinski definition) is 1. The second-order valence-electron chi connectivity index (χ2n) is 7.25. The maximum absolute atomic E-state index is 12.5. The van der Waals surface area contributed by atoms with E-state index < -0.39 is 17.7 Å². The van der Waals surface area contributed by atoms with Crippen LogP contribution >= 0.6 is 0 Å². The molecule has 8 nitrogen and oxygen atoms in total. The Hall–Kier alpha value is -3.29. The SMILES string of the molecule is Cc1ncc(-c2cc(C)c3c(c2)c(C(=O)O)nn3C(=O)OC(C)(C)C)cn1. The number of carboxylic acid groups (broad SMARTS) is 1. The van der Waals surface area contributed by atoms with Gasteiger partial charge in [0, 0.05) is 23.3 Å². The van der Waals surface area contributed by atoms with Crippen molar-refractivity contribution in [3.05, 3.63) is 41.6 Å². The maximum atomic E-state index is 12.5. The molecule has 0 saturated heterocycles. The van der Waals surface area contributed by atoms with Gasteiger partial charge in [0.15, 0.2) is 5.69 Å². The van der Waals surface area contributed by atoms with E-state index in [1.54, 1.807) is 53.1 Å². The minimum atomic E-state index is -1.22. The van der Waals surface area contributed by atoms with E-state index in [4.69, 9.17) is 4.74 Å². The third kappa shape index (κ3) is 3.64. The minimum Gasteiger partial charge on any atom is -0.476 e. The molecule has 0 atom stereocenters. The molecule has 27 heavy (non-hydrogen) atoms. The molecule has 1 aromatic carbocycles. The van der Waals surface area contributed by atoms with Crippen molar-refractivity contribution in [3.63, 3.8) is 0 Å². The van der Waals surface area contributed by atoms with E-state index in [0.717, 1.165) is 15.8 Å². The van der Waals surface area contributed by atoms with Crippen LogP contribution in [0.1, 0.15) is 42.6 Å². The molecule has 0 fully saturated rings. The van der Waals surface area contributed by atoms with Crippen molar-refractivity contribution >= 4 is 23.0 Å². The van der Waals surface area contributed by atoms with Crippen molar-refractivity contribution in [3.8, 4) is 11.1 Å². The summed E-state index contributed by atoms with van der Waals surface area (Å²) in [6.45, 7) is 8.77.